The van der Waals surface area contributed by atoms with E-state index in [0.29, 0.717) is 11.1 Å². The van der Waals surface area contributed by atoms with E-state index in [1.165, 1.54) is 11.1 Å². The summed E-state index contributed by atoms with van der Waals surface area (Å²) >= 11 is 6.13. The molecule has 2 rings (SSSR count). The molecule has 0 aliphatic carbocycles. The molecule has 0 saturated heterocycles. The monoisotopic (exact) mass is 303 g/mol. The summed E-state index contributed by atoms with van der Waals surface area (Å²) in [5, 5.41) is 3.71. The van der Waals surface area contributed by atoms with Crippen molar-refractivity contribution in [2.45, 2.75) is 34.6 Å². The van der Waals surface area contributed by atoms with E-state index < -0.39 is 0 Å². The van der Waals surface area contributed by atoms with Gasteiger partial charge in [-0.05, 0) is 36.5 Å². The summed E-state index contributed by atoms with van der Waals surface area (Å²) < 4.78 is 0. The van der Waals surface area contributed by atoms with Crippen LogP contribution in [0.15, 0.2) is 24.3 Å². The second-order valence-electron chi connectivity index (χ2n) is 6.61. The highest BCUT2D eigenvalue weighted by Gasteiger charge is 2.12. The van der Waals surface area contributed by atoms with Gasteiger partial charge in [0.15, 0.2) is 0 Å². The molecule has 0 spiro atoms. The maximum atomic E-state index is 6.13. The van der Waals surface area contributed by atoms with Crippen molar-refractivity contribution in [1.29, 1.82) is 0 Å². The lowest BCUT2D eigenvalue weighted by molar-refractivity contribution is 0.442. The number of hydrogen-bond acceptors (Lipinski definition) is 3. The van der Waals surface area contributed by atoms with Gasteiger partial charge in [-0.1, -0.05) is 44.5 Å². The van der Waals surface area contributed by atoms with E-state index in [0.717, 1.165) is 17.8 Å². The lowest BCUT2D eigenvalue weighted by atomic mass is 9.97. The van der Waals surface area contributed by atoms with Gasteiger partial charge in [0.2, 0.25) is 5.95 Å². The van der Waals surface area contributed by atoms with Crippen molar-refractivity contribution >= 4 is 17.5 Å². The molecule has 0 radical (unpaired) electrons. The molecule has 0 aliphatic heterocycles. The lowest BCUT2D eigenvalue weighted by Crippen LogP contribution is -2.20. The van der Waals surface area contributed by atoms with Crippen LogP contribution in [0.5, 0.6) is 0 Å². The first-order valence-corrected chi connectivity index (χ1v) is 7.48. The van der Waals surface area contributed by atoms with Gasteiger partial charge in [0.1, 0.15) is 5.15 Å². The van der Waals surface area contributed by atoms with Crippen molar-refractivity contribution < 1.29 is 0 Å². The highest BCUT2D eigenvalue weighted by atomic mass is 35.5. The SMILES string of the molecule is Cc1ccc(-c2cc(Cl)nc(NCC(C)(C)C)n2)cc1C. The summed E-state index contributed by atoms with van der Waals surface area (Å²) in [5.74, 6) is 0.575. The van der Waals surface area contributed by atoms with Crippen LogP contribution in [0.25, 0.3) is 11.3 Å². The maximum absolute atomic E-state index is 6.13. The first kappa shape index (κ1) is 15.8. The minimum atomic E-state index is 0.159. The average molecular weight is 304 g/mol. The number of aryl methyl sites for hydroxylation is 2. The molecule has 0 fully saturated rings. The molecule has 21 heavy (non-hydrogen) atoms. The van der Waals surface area contributed by atoms with Gasteiger partial charge in [-0.25, -0.2) is 9.97 Å². The third-order valence-electron chi connectivity index (χ3n) is 3.27. The van der Waals surface area contributed by atoms with Crippen LogP contribution in [-0.2, 0) is 0 Å². The number of aromatic nitrogens is 2. The number of rotatable bonds is 3. The highest BCUT2D eigenvalue weighted by Crippen LogP contribution is 2.24. The normalized spacial score (nSPS) is 11.5. The molecule has 4 heteroatoms. The summed E-state index contributed by atoms with van der Waals surface area (Å²) in [5.41, 5.74) is 4.57. The zero-order valence-electron chi connectivity index (χ0n) is 13.3. The van der Waals surface area contributed by atoms with Gasteiger partial charge in [0.05, 0.1) is 5.69 Å². The van der Waals surface area contributed by atoms with Gasteiger partial charge in [-0.3, -0.25) is 0 Å². The summed E-state index contributed by atoms with van der Waals surface area (Å²) in [7, 11) is 0. The molecular weight excluding hydrogens is 282 g/mol. The van der Waals surface area contributed by atoms with Crippen LogP contribution in [-0.4, -0.2) is 16.5 Å². The standard InChI is InChI=1S/C17H22ClN3/c1-11-6-7-13(8-12(11)2)14-9-15(18)21-16(20-14)19-10-17(3,4)5/h6-9H,10H2,1-5H3,(H,19,20,21). The Kier molecular flexibility index (Phi) is 4.52. The summed E-state index contributed by atoms with van der Waals surface area (Å²) in [6.45, 7) is 11.5. The maximum Gasteiger partial charge on any atom is 0.224 e. The zero-order valence-corrected chi connectivity index (χ0v) is 14.0. The van der Waals surface area contributed by atoms with Gasteiger partial charge < -0.3 is 5.32 Å². The molecule has 1 heterocycles. The third kappa shape index (κ3) is 4.43. The number of nitrogens with one attached hydrogen (secondary N) is 1. The van der Waals surface area contributed by atoms with Crippen molar-refractivity contribution in [3.05, 3.63) is 40.5 Å². The van der Waals surface area contributed by atoms with E-state index in [4.69, 9.17) is 11.6 Å². The number of benzene rings is 1. The Morgan fingerprint density at radius 1 is 1.05 bits per heavy atom. The number of halogens is 1. The van der Waals surface area contributed by atoms with Crippen molar-refractivity contribution in [3.8, 4) is 11.3 Å². The van der Waals surface area contributed by atoms with Crippen LogP contribution < -0.4 is 5.32 Å². The molecule has 0 aliphatic rings. The first-order valence-electron chi connectivity index (χ1n) is 7.11. The fourth-order valence-electron chi connectivity index (χ4n) is 1.89. The highest BCUT2D eigenvalue weighted by molar-refractivity contribution is 6.29. The van der Waals surface area contributed by atoms with Crippen molar-refractivity contribution in [2.24, 2.45) is 5.41 Å². The first-order chi connectivity index (χ1) is 9.74. The fourth-order valence-corrected chi connectivity index (χ4v) is 2.07. The van der Waals surface area contributed by atoms with Crippen LogP contribution in [0.1, 0.15) is 31.9 Å². The Morgan fingerprint density at radius 2 is 1.76 bits per heavy atom. The Bertz CT molecular complexity index is 645. The Hall–Kier alpha value is -1.61. The minimum absolute atomic E-state index is 0.159. The Balaban J connectivity index is 2.32. The molecule has 1 aromatic carbocycles. The molecule has 0 bridgehead atoms. The van der Waals surface area contributed by atoms with Crippen LogP contribution in [0, 0.1) is 19.3 Å². The van der Waals surface area contributed by atoms with Gasteiger partial charge in [-0.15, -0.1) is 0 Å². The minimum Gasteiger partial charge on any atom is -0.354 e. The summed E-state index contributed by atoms with van der Waals surface area (Å²) in [6, 6.07) is 8.09. The molecule has 1 N–H and O–H groups in total. The van der Waals surface area contributed by atoms with E-state index in [1.54, 1.807) is 6.07 Å². The molecule has 1 aromatic heterocycles. The molecule has 0 atom stereocenters. The van der Waals surface area contributed by atoms with Crippen molar-refractivity contribution in [3.63, 3.8) is 0 Å². The average Bonchev–Trinajstić information content (AvgIpc) is 2.38. The number of hydrogen-bond donors (Lipinski definition) is 1. The Morgan fingerprint density at radius 3 is 2.38 bits per heavy atom. The molecule has 112 valence electrons. The van der Waals surface area contributed by atoms with E-state index in [-0.39, 0.29) is 5.41 Å². The molecule has 0 amide bonds. The van der Waals surface area contributed by atoms with Gasteiger partial charge in [0.25, 0.3) is 0 Å². The second kappa shape index (κ2) is 6.02. The van der Waals surface area contributed by atoms with Gasteiger partial charge in [0, 0.05) is 18.2 Å². The lowest BCUT2D eigenvalue weighted by Gasteiger charge is -2.19. The van der Waals surface area contributed by atoms with E-state index in [1.807, 2.05) is 0 Å². The van der Waals surface area contributed by atoms with Crippen LogP contribution in [0.2, 0.25) is 5.15 Å². The van der Waals surface area contributed by atoms with E-state index in [9.17, 15) is 0 Å². The van der Waals surface area contributed by atoms with Crippen LogP contribution >= 0.6 is 11.6 Å². The molecule has 2 aromatic rings. The smallest absolute Gasteiger partial charge is 0.224 e. The Labute approximate surface area is 131 Å². The molecule has 0 unspecified atom stereocenters. The predicted molar refractivity (Wildman–Crippen MR) is 89.9 cm³/mol. The van der Waals surface area contributed by atoms with Crippen molar-refractivity contribution in [2.75, 3.05) is 11.9 Å². The van der Waals surface area contributed by atoms with Crippen LogP contribution in [0.3, 0.4) is 0 Å². The zero-order chi connectivity index (χ0) is 15.6. The van der Waals surface area contributed by atoms with E-state index in [2.05, 4.69) is 68.1 Å². The van der Waals surface area contributed by atoms with Crippen molar-refractivity contribution in [1.82, 2.24) is 9.97 Å². The molecular formula is C17H22ClN3. The largest absolute Gasteiger partial charge is 0.354 e. The van der Waals surface area contributed by atoms with Gasteiger partial charge >= 0.3 is 0 Å². The van der Waals surface area contributed by atoms with Crippen LogP contribution in [0.4, 0.5) is 5.95 Å². The summed E-state index contributed by atoms with van der Waals surface area (Å²) in [4.78, 5) is 8.82. The third-order valence-corrected chi connectivity index (χ3v) is 3.47. The predicted octanol–water partition coefficient (Wildman–Crippen LogP) is 4.87. The molecule has 3 nitrogen and oxygen atoms in total. The summed E-state index contributed by atoms with van der Waals surface area (Å²) in [6.07, 6.45) is 0. The number of anilines is 1. The topological polar surface area (TPSA) is 37.8 Å². The quantitative estimate of drug-likeness (QED) is 0.822. The van der Waals surface area contributed by atoms with Gasteiger partial charge in [-0.2, -0.15) is 0 Å². The molecule has 0 saturated carbocycles. The number of nitrogens with zero attached hydrogens (tertiary/aromatic N) is 2. The second-order valence-corrected chi connectivity index (χ2v) is 7.00. The fraction of sp³-hybridized carbons (Fsp3) is 0.412. The van der Waals surface area contributed by atoms with E-state index >= 15 is 0 Å².